The van der Waals surface area contributed by atoms with Crippen molar-refractivity contribution in [1.29, 1.82) is 0 Å². The van der Waals surface area contributed by atoms with Crippen LogP contribution in [0.3, 0.4) is 0 Å². The Balaban J connectivity index is 2.19. The first-order chi connectivity index (χ1) is 9.08. The summed E-state index contributed by atoms with van der Waals surface area (Å²) in [5, 5.41) is 14.9. The van der Waals surface area contributed by atoms with Crippen molar-refractivity contribution in [3.05, 3.63) is 35.4 Å². The number of halogens is 1. The molecule has 5 nitrogen and oxygen atoms in total. The second-order valence-corrected chi connectivity index (χ2v) is 4.96. The maximum atomic E-state index is 13.1. The molecule has 1 heterocycles. The Labute approximate surface area is 111 Å². The highest BCUT2D eigenvalue weighted by molar-refractivity contribution is 5.39. The fourth-order valence-corrected chi connectivity index (χ4v) is 1.83. The van der Waals surface area contributed by atoms with Gasteiger partial charge < -0.3 is 5.32 Å². The van der Waals surface area contributed by atoms with E-state index in [1.807, 2.05) is 6.92 Å². The van der Waals surface area contributed by atoms with Crippen LogP contribution in [-0.2, 0) is 6.54 Å². The Bertz CT molecular complexity index is 550. The summed E-state index contributed by atoms with van der Waals surface area (Å²) in [6, 6.07) is 4.57. The molecule has 102 valence electrons. The Hall–Kier alpha value is -1.82. The van der Waals surface area contributed by atoms with Crippen LogP contribution in [-0.4, -0.2) is 26.8 Å². The number of aryl methyl sites for hydroxylation is 1. The van der Waals surface area contributed by atoms with E-state index >= 15 is 0 Å². The van der Waals surface area contributed by atoms with Crippen molar-refractivity contribution in [3.63, 3.8) is 0 Å². The summed E-state index contributed by atoms with van der Waals surface area (Å²) < 4.78 is 14.7. The molecule has 0 aliphatic carbocycles. The van der Waals surface area contributed by atoms with Gasteiger partial charge in [0.1, 0.15) is 5.82 Å². The maximum absolute atomic E-state index is 13.1. The van der Waals surface area contributed by atoms with Crippen LogP contribution in [0.15, 0.2) is 18.2 Å². The van der Waals surface area contributed by atoms with Gasteiger partial charge in [0.2, 0.25) is 0 Å². The Morgan fingerprint density at radius 3 is 2.84 bits per heavy atom. The number of nitrogens with one attached hydrogen (secondary N) is 1. The molecule has 0 unspecified atom stereocenters. The summed E-state index contributed by atoms with van der Waals surface area (Å²) in [4.78, 5) is 0. The van der Waals surface area contributed by atoms with Gasteiger partial charge in [-0.15, -0.1) is 5.10 Å². The highest BCUT2D eigenvalue weighted by Gasteiger charge is 2.10. The van der Waals surface area contributed by atoms with Crippen LogP contribution in [0.4, 0.5) is 4.39 Å². The molecule has 0 amide bonds. The highest BCUT2D eigenvalue weighted by atomic mass is 19.1. The van der Waals surface area contributed by atoms with Crippen LogP contribution in [0.25, 0.3) is 5.69 Å². The van der Waals surface area contributed by atoms with E-state index in [1.165, 1.54) is 12.1 Å². The van der Waals surface area contributed by atoms with Gasteiger partial charge in [0.25, 0.3) is 0 Å². The summed E-state index contributed by atoms with van der Waals surface area (Å²) in [6.45, 7) is 7.60. The van der Waals surface area contributed by atoms with Crippen LogP contribution in [0.1, 0.15) is 25.2 Å². The van der Waals surface area contributed by atoms with E-state index in [9.17, 15) is 4.39 Å². The third-order valence-corrected chi connectivity index (χ3v) is 2.76. The standard InChI is InChI=1S/C13H18FN5/c1-9(2)7-15-8-13-16-17-18-19(13)12-5-4-11(14)6-10(12)3/h4-6,9,15H,7-8H2,1-3H3. The van der Waals surface area contributed by atoms with Crippen molar-refractivity contribution < 1.29 is 4.39 Å². The SMILES string of the molecule is Cc1cc(F)ccc1-n1nnnc1CNCC(C)C. The Kier molecular flexibility index (Phi) is 4.21. The molecule has 1 aromatic carbocycles. The average molecular weight is 263 g/mol. The Morgan fingerprint density at radius 2 is 2.16 bits per heavy atom. The van der Waals surface area contributed by atoms with E-state index in [4.69, 9.17) is 0 Å². The first kappa shape index (κ1) is 13.6. The largest absolute Gasteiger partial charge is 0.310 e. The lowest BCUT2D eigenvalue weighted by molar-refractivity contribution is 0.537. The topological polar surface area (TPSA) is 55.6 Å². The van der Waals surface area contributed by atoms with E-state index in [0.717, 1.165) is 23.6 Å². The normalized spacial score (nSPS) is 11.2. The van der Waals surface area contributed by atoms with Gasteiger partial charge in [-0.05, 0) is 53.6 Å². The second-order valence-electron chi connectivity index (χ2n) is 4.96. The van der Waals surface area contributed by atoms with Crippen LogP contribution in [0, 0.1) is 18.7 Å². The van der Waals surface area contributed by atoms with Crippen molar-refractivity contribution >= 4 is 0 Å². The molecule has 0 spiro atoms. The van der Waals surface area contributed by atoms with E-state index in [2.05, 4.69) is 34.7 Å². The van der Waals surface area contributed by atoms with Gasteiger partial charge in [0.15, 0.2) is 5.82 Å². The number of benzene rings is 1. The van der Waals surface area contributed by atoms with E-state index in [0.29, 0.717) is 12.5 Å². The number of nitrogens with zero attached hydrogens (tertiary/aromatic N) is 4. The molecule has 2 aromatic rings. The van der Waals surface area contributed by atoms with Gasteiger partial charge in [0, 0.05) is 0 Å². The average Bonchev–Trinajstić information content (AvgIpc) is 2.77. The molecule has 19 heavy (non-hydrogen) atoms. The minimum Gasteiger partial charge on any atom is -0.310 e. The molecule has 0 bridgehead atoms. The van der Waals surface area contributed by atoms with E-state index in [-0.39, 0.29) is 5.82 Å². The zero-order valence-corrected chi connectivity index (χ0v) is 11.4. The molecule has 0 aliphatic heterocycles. The van der Waals surface area contributed by atoms with Gasteiger partial charge >= 0.3 is 0 Å². The molecular weight excluding hydrogens is 245 g/mol. The fourth-order valence-electron chi connectivity index (χ4n) is 1.83. The van der Waals surface area contributed by atoms with Crippen LogP contribution >= 0.6 is 0 Å². The first-order valence-corrected chi connectivity index (χ1v) is 6.32. The molecule has 0 atom stereocenters. The van der Waals surface area contributed by atoms with E-state index < -0.39 is 0 Å². The van der Waals surface area contributed by atoms with Crippen LogP contribution in [0.2, 0.25) is 0 Å². The summed E-state index contributed by atoms with van der Waals surface area (Å²) in [5.41, 5.74) is 1.60. The van der Waals surface area contributed by atoms with E-state index in [1.54, 1.807) is 10.7 Å². The smallest absolute Gasteiger partial charge is 0.170 e. The zero-order valence-electron chi connectivity index (χ0n) is 11.4. The zero-order chi connectivity index (χ0) is 13.8. The van der Waals surface area contributed by atoms with Crippen molar-refractivity contribution in [1.82, 2.24) is 25.5 Å². The number of tetrazole rings is 1. The molecule has 0 saturated carbocycles. The van der Waals surface area contributed by atoms with Crippen LogP contribution < -0.4 is 5.32 Å². The lowest BCUT2D eigenvalue weighted by atomic mass is 10.2. The van der Waals surface area contributed by atoms with Gasteiger partial charge in [-0.2, -0.15) is 4.68 Å². The molecule has 0 saturated heterocycles. The predicted molar refractivity (Wildman–Crippen MR) is 70.4 cm³/mol. The maximum Gasteiger partial charge on any atom is 0.170 e. The third kappa shape index (κ3) is 3.35. The van der Waals surface area contributed by atoms with Gasteiger partial charge in [-0.1, -0.05) is 13.8 Å². The molecule has 6 heteroatoms. The molecule has 2 rings (SSSR count). The number of hydrogen-bond donors (Lipinski definition) is 1. The number of aromatic nitrogens is 4. The number of hydrogen-bond acceptors (Lipinski definition) is 4. The molecule has 0 fully saturated rings. The number of rotatable bonds is 5. The monoisotopic (exact) mass is 263 g/mol. The summed E-state index contributed by atoms with van der Waals surface area (Å²) in [5.74, 6) is 1.03. The quantitative estimate of drug-likeness (QED) is 0.894. The molecule has 0 radical (unpaired) electrons. The van der Waals surface area contributed by atoms with Gasteiger partial charge in [-0.3, -0.25) is 0 Å². The van der Waals surface area contributed by atoms with Crippen molar-refractivity contribution in [3.8, 4) is 5.69 Å². The van der Waals surface area contributed by atoms with Gasteiger partial charge in [0.05, 0.1) is 12.2 Å². The minimum absolute atomic E-state index is 0.256. The minimum atomic E-state index is -0.256. The fraction of sp³-hybridized carbons (Fsp3) is 0.462. The molecule has 1 N–H and O–H groups in total. The first-order valence-electron chi connectivity index (χ1n) is 6.32. The Morgan fingerprint density at radius 1 is 1.37 bits per heavy atom. The van der Waals surface area contributed by atoms with Crippen molar-refractivity contribution in [2.24, 2.45) is 5.92 Å². The second kappa shape index (κ2) is 5.88. The van der Waals surface area contributed by atoms with Crippen LogP contribution in [0.5, 0.6) is 0 Å². The lowest BCUT2D eigenvalue weighted by Crippen LogP contribution is -2.21. The van der Waals surface area contributed by atoms with Gasteiger partial charge in [-0.25, -0.2) is 4.39 Å². The molecule has 0 aliphatic rings. The highest BCUT2D eigenvalue weighted by Crippen LogP contribution is 2.15. The predicted octanol–water partition coefficient (Wildman–Crippen LogP) is 1.86. The van der Waals surface area contributed by atoms with Crippen molar-refractivity contribution in [2.75, 3.05) is 6.54 Å². The third-order valence-electron chi connectivity index (χ3n) is 2.76. The van der Waals surface area contributed by atoms with Crippen molar-refractivity contribution in [2.45, 2.75) is 27.3 Å². The lowest BCUT2D eigenvalue weighted by Gasteiger charge is -2.09. The summed E-state index contributed by atoms with van der Waals surface area (Å²) in [6.07, 6.45) is 0. The molecule has 1 aromatic heterocycles. The summed E-state index contributed by atoms with van der Waals surface area (Å²) in [7, 11) is 0. The molecular formula is C13H18FN5. The summed E-state index contributed by atoms with van der Waals surface area (Å²) >= 11 is 0.